The number of nitro groups is 1. The standard InChI is InChI=1S/C17H18N4O5/c1-11-10-19(8-6-12(11)17(23)24)16(22)13-7-9-20(18-13)14-4-2-3-5-15(14)21(25)26/h2-5,7,9,11-12H,6,8,10H2,1H3,(H,23,24). The zero-order valence-corrected chi connectivity index (χ0v) is 14.1. The van der Waals surface area contributed by atoms with Gasteiger partial charge in [0.1, 0.15) is 5.69 Å². The summed E-state index contributed by atoms with van der Waals surface area (Å²) < 4.78 is 1.30. The van der Waals surface area contributed by atoms with Gasteiger partial charge in [0.25, 0.3) is 11.6 Å². The van der Waals surface area contributed by atoms with Gasteiger partial charge in [-0.15, -0.1) is 0 Å². The Morgan fingerprint density at radius 1 is 1.31 bits per heavy atom. The van der Waals surface area contributed by atoms with Crippen LogP contribution >= 0.6 is 0 Å². The van der Waals surface area contributed by atoms with Crippen molar-refractivity contribution in [2.24, 2.45) is 11.8 Å². The van der Waals surface area contributed by atoms with Gasteiger partial charge in [-0.3, -0.25) is 19.7 Å². The average molecular weight is 358 g/mol. The Kier molecular flexibility index (Phi) is 4.70. The summed E-state index contributed by atoms with van der Waals surface area (Å²) in [4.78, 5) is 36.1. The molecule has 1 saturated heterocycles. The van der Waals surface area contributed by atoms with E-state index in [0.717, 1.165) is 0 Å². The Bertz CT molecular complexity index is 862. The van der Waals surface area contributed by atoms with Crippen LogP contribution in [0.3, 0.4) is 0 Å². The normalized spacial score (nSPS) is 20.0. The van der Waals surface area contributed by atoms with Crippen molar-refractivity contribution in [2.75, 3.05) is 13.1 Å². The molecule has 0 saturated carbocycles. The van der Waals surface area contributed by atoms with E-state index in [1.807, 2.05) is 6.92 Å². The molecule has 3 rings (SSSR count). The predicted octanol–water partition coefficient (Wildman–Crippen LogP) is 1.96. The summed E-state index contributed by atoms with van der Waals surface area (Å²) in [5, 5.41) is 24.5. The first-order valence-corrected chi connectivity index (χ1v) is 8.20. The van der Waals surface area contributed by atoms with Gasteiger partial charge in [0.2, 0.25) is 0 Å². The first-order chi connectivity index (χ1) is 12.4. The van der Waals surface area contributed by atoms with Crippen LogP contribution in [0.5, 0.6) is 0 Å². The topological polar surface area (TPSA) is 119 Å². The second kappa shape index (κ2) is 6.95. The second-order valence-electron chi connectivity index (χ2n) is 6.35. The Balaban J connectivity index is 1.80. The molecule has 1 fully saturated rings. The summed E-state index contributed by atoms with van der Waals surface area (Å²) in [6.07, 6.45) is 1.90. The fourth-order valence-electron chi connectivity index (χ4n) is 3.24. The molecule has 1 N–H and O–H groups in total. The van der Waals surface area contributed by atoms with Crippen LogP contribution in [0.1, 0.15) is 23.8 Å². The third-order valence-corrected chi connectivity index (χ3v) is 4.64. The van der Waals surface area contributed by atoms with Gasteiger partial charge in [-0.05, 0) is 24.5 Å². The molecule has 2 atom stereocenters. The number of carbonyl (C=O) groups excluding carboxylic acids is 1. The molecule has 1 aromatic heterocycles. The van der Waals surface area contributed by atoms with E-state index in [-0.39, 0.29) is 28.9 Å². The minimum atomic E-state index is -0.842. The number of likely N-dealkylation sites (tertiary alicyclic amines) is 1. The van der Waals surface area contributed by atoms with Crippen LogP contribution in [0.2, 0.25) is 0 Å². The molecule has 9 nitrogen and oxygen atoms in total. The fourth-order valence-corrected chi connectivity index (χ4v) is 3.24. The van der Waals surface area contributed by atoms with Gasteiger partial charge in [0, 0.05) is 25.4 Å². The molecule has 0 aliphatic carbocycles. The molecule has 2 aromatic rings. The molecule has 1 aliphatic rings. The lowest BCUT2D eigenvalue weighted by molar-refractivity contribution is -0.384. The van der Waals surface area contributed by atoms with Gasteiger partial charge in [-0.2, -0.15) is 5.10 Å². The molecule has 1 amide bonds. The molecule has 2 unspecified atom stereocenters. The zero-order valence-electron chi connectivity index (χ0n) is 14.1. The van der Waals surface area contributed by atoms with E-state index in [1.54, 1.807) is 23.1 Å². The van der Waals surface area contributed by atoms with Gasteiger partial charge in [-0.1, -0.05) is 19.1 Å². The highest BCUT2D eigenvalue weighted by Crippen LogP contribution is 2.25. The highest BCUT2D eigenvalue weighted by molar-refractivity contribution is 5.92. The van der Waals surface area contributed by atoms with E-state index in [2.05, 4.69) is 5.10 Å². The summed E-state index contributed by atoms with van der Waals surface area (Å²) in [6.45, 7) is 2.50. The maximum Gasteiger partial charge on any atom is 0.306 e. The third-order valence-electron chi connectivity index (χ3n) is 4.64. The minimum Gasteiger partial charge on any atom is -0.481 e. The average Bonchev–Trinajstić information content (AvgIpc) is 3.10. The number of benzene rings is 1. The summed E-state index contributed by atoms with van der Waals surface area (Å²) in [5.74, 6) is -1.76. The fraction of sp³-hybridized carbons (Fsp3) is 0.353. The lowest BCUT2D eigenvalue weighted by Gasteiger charge is -2.34. The molecule has 0 spiro atoms. The van der Waals surface area contributed by atoms with Crippen LogP contribution in [0.4, 0.5) is 5.69 Å². The van der Waals surface area contributed by atoms with E-state index in [0.29, 0.717) is 19.5 Å². The lowest BCUT2D eigenvalue weighted by atomic mass is 9.87. The molecule has 0 bridgehead atoms. The van der Waals surface area contributed by atoms with Crippen molar-refractivity contribution in [2.45, 2.75) is 13.3 Å². The van der Waals surface area contributed by atoms with Crippen LogP contribution in [-0.2, 0) is 4.79 Å². The van der Waals surface area contributed by atoms with Crippen molar-refractivity contribution in [1.82, 2.24) is 14.7 Å². The van der Waals surface area contributed by atoms with E-state index in [9.17, 15) is 24.8 Å². The van der Waals surface area contributed by atoms with E-state index >= 15 is 0 Å². The number of piperidine rings is 1. The summed E-state index contributed by atoms with van der Waals surface area (Å²) >= 11 is 0. The number of hydrogen-bond donors (Lipinski definition) is 1. The number of carbonyl (C=O) groups is 2. The largest absolute Gasteiger partial charge is 0.481 e. The van der Waals surface area contributed by atoms with Crippen LogP contribution in [-0.4, -0.2) is 49.7 Å². The Labute approximate surface area is 149 Å². The molecule has 2 heterocycles. The van der Waals surface area contributed by atoms with Crippen molar-refractivity contribution in [3.05, 3.63) is 52.3 Å². The number of aromatic nitrogens is 2. The first-order valence-electron chi connectivity index (χ1n) is 8.20. The third kappa shape index (κ3) is 3.28. The second-order valence-corrected chi connectivity index (χ2v) is 6.35. The van der Waals surface area contributed by atoms with Crippen molar-refractivity contribution >= 4 is 17.6 Å². The maximum absolute atomic E-state index is 12.7. The highest BCUT2D eigenvalue weighted by atomic mass is 16.6. The number of para-hydroxylation sites is 2. The molecule has 1 aliphatic heterocycles. The number of hydrogen-bond acceptors (Lipinski definition) is 5. The SMILES string of the molecule is CC1CN(C(=O)c2ccn(-c3ccccc3[N+](=O)[O-])n2)CCC1C(=O)O. The van der Waals surface area contributed by atoms with Crippen LogP contribution < -0.4 is 0 Å². The van der Waals surface area contributed by atoms with Gasteiger partial charge >= 0.3 is 5.97 Å². The van der Waals surface area contributed by atoms with Crippen LogP contribution in [0.15, 0.2) is 36.5 Å². The summed E-state index contributed by atoms with van der Waals surface area (Å²) in [7, 11) is 0. The Hall–Kier alpha value is -3.23. The molecule has 26 heavy (non-hydrogen) atoms. The first kappa shape index (κ1) is 17.6. The van der Waals surface area contributed by atoms with Crippen LogP contribution in [0, 0.1) is 22.0 Å². The van der Waals surface area contributed by atoms with E-state index < -0.39 is 16.8 Å². The number of carboxylic acids is 1. The number of rotatable bonds is 4. The predicted molar refractivity (Wildman–Crippen MR) is 91.0 cm³/mol. The van der Waals surface area contributed by atoms with Gasteiger partial charge in [0.15, 0.2) is 5.69 Å². The molecule has 0 radical (unpaired) electrons. The van der Waals surface area contributed by atoms with E-state index in [4.69, 9.17) is 0 Å². The minimum absolute atomic E-state index is 0.106. The maximum atomic E-state index is 12.7. The summed E-state index contributed by atoms with van der Waals surface area (Å²) in [5.41, 5.74) is 0.337. The number of amides is 1. The number of nitrogens with zero attached hydrogens (tertiary/aromatic N) is 4. The monoisotopic (exact) mass is 358 g/mol. The van der Waals surface area contributed by atoms with Crippen molar-refractivity contribution < 1.29 is 19.6 Å². The lowest BCUT2D eigenvalue weighted by Crippen LogP contribution is -2.45. The highest BCUT2D eigenvalue weighted by Gasteiger charge is 2.34. The smallest absolute Gasteiger partial charge is 0.306 e. The molecule has 1 aromatic carbocycles. The number of aliphatic carboxylic acids is 1. The van der Waals surface area contributed by atoms with Crippen molar-refractivity contribution in [3.8, 4) is 5.69 Å². The molecular formula is C17H18N4O5. The van der Waals surface area contributed by atoms with Gasteiger partial charge < -0.3 is 10.0 Å². The van der Waals surface area contributed by atoms with Gasteiger partial charge in [0.05, 0.1) is 10.8 Å². The van der Waals surface area contributed by atoms with Crippen molar-refractivity contribution in [1.29, 1.82) is 0 Å². The molecular weight excluding hydrogens is 340 g/mol. The Morgan fingerprint density at radius 2 is 2.04 bits per heavy atom. The number of nitro benzene ring substituents is 1. The van der Waals surface area contributed by atoms with Gasteiger partial charge in [-0.25, -0.2) is 4.68 Å². The van der Waals surface area contributed by atoms with Crippen molar-refractivity contribution in [3.63, 3.8) is 0 Å². The summed E-state index contributed by atoms with van der Waals surface area (Å²) in [6, 6.07) is 7.65. The Morgan fingerprint density at radius 3 is 2.69 bits per heavy atom. The molecule has 136 valence electrons. The van der Waals surface area contributed by atoms with Crippen LogP contribution in [0.25, 0.3) is 5.69 Å². The quantitative estimate of drug-likeness (QED) is 0.659. The zero-order chi connectivity index (χ0) is 18.8. The number of carboxylic acid groups (broad SMARTS) is 1. The molecule has 9 heteroatoms. The van der Waals surface area contributed by atoms with E-state index in [1.165, 1.54) is 23.0 Å².